The van der Waals surface area contributed by atoms with Gasteiger partial charge in [-0.3, -0.25) is 14.4 Å². The Labute approximate surface area is 172 Å². The van der Waals surface area contributed by atoms with Crippen molar-refractivity contribution in [1.82, 2.24) is 20.0 Å². The van der Waals surface area contributed by atoms with E-state index < -0.39 is 0 Å². The summed E-state index contributed by atoms with van der Waals surface area (Å²) >= 11 is 6.42. The van der Waals surface area contributed by atoms with Crippen LogP contribution in [0, 0.1) is 6.92 Å². The van der Waals surface area contributed by atoms with Gasteiger partial charge in [-0.05, 0) is 44.6 Å². The quantitative estimate of drug-likeness (QED) is 0.560. The number of carbonyl (C=O) groups is 1. The van der Waals surface area contributed by atoms with Crippen molar-refractivity contribution >= 4 is 23.6 Å². The fraction of sp³-hybridized carbons (Fsp3) is 0.524. The van der Waals surface area contributed by atoms with Gasteiger partial charge < -0.3 is 9.73 Å². The number of nitrogens with zero attached hydrogens (tertiary/aromatic N) is 3. The molecule has 1 atom stereocenters. The molecule has 7 heteroatoms. The molecule has 28 heavy (non-hydrogen) atoms. The van der Waals surface area contributed by atoms with Crippen LogP contribution in [-0.2, 0) is 11.3 Å². The summed E-state index contributed by atoms with van der Waals surface area (Å²) in [6, 6.07) is 3.82. The van der Waals surface area contributed by atoms with Crippen LogP contribution in [0.15, 0.2) is 28.9 Å². The Balaban J connectivity index is 2.02. The monoisotopic (exact) mass is 406 g/mol. The van der Waals surface area contributed by atoms with Gasteiger partial charge in [-0.15, -0.1) is 0 Å². The van der Waals surface area contributed by atoms with Crippen LogP contribution < -0.4 is 5.32 Å². The van der Waals surface area contributed by atoms with Crippen LogP contribution in [0.2, 0.25) is 5.15 Å². The van der Waals surface area contributed by atoms with Crippen molar-refractivity contribution in [2.75, 3.05) is 19.6 Å². The first kappa shape index (κ1) is 22.2. The fourth-order valence-electron chi connectivity index (χ4n) is 3.18. The van der Waals surface area contributed by atoms with Crippen molar-refractivity contribution in [3.05, 3.63) is 46.6 Å². The maximum absolute atomic E-state index is 12.4. The van der Waals surface area contributed by atoms with E-state index in [0.717, 1.165) is 49.5 Å². The van der Waals surface area contributed by atoms with Crippen LogP contribution in [0.4, 0.5) is 0 Å². The van der Waals surface area contributed by atoms with Gasteiger partial charge in [0.2, 0.25) is 5.91 Å². The Morgan fingerprint density at radius 2 is 2.14 bits per heavy atom. The highest BCUT2D eigenvalue weighted by Crippen LogP contribution is 2.22. The largest absolute Gasteiger partial charge is 0.468 e. The lowest BCUT2D eigenvalue weighted by Gasteiger charge is -2.28. The molecule has 0 fully saturated rings. The number of unbranched alkanes of at least 4 members (excludes halogenated alkanes) is 1. The van der Waals surface area contributed by atoms with Crippen LogP contribution in [0.1, 0.15) is 56.7 Å². The van der Waals surface area contributed by atoms with Gasteiger partial charge in [0.05, 0.1) is 18.0 Å². The van der Waals surface area contributed by atoms with E-state index in [1.54, 1.807) is 17.0 Å². The van der Waals surface area contributed by atoms with Gasteiger partial charge in [0, 0.05) is 24.7 Å². The van der Waals surface area contributed by atoms with E-state index in [-0.39, 0.29) is 11.9 Å². The molecular formula is C21H31ClN4O2. The number of nitrogens with one attached hydrogen (secondary N) is 1. The molecule has 0 saturated heterocycles. The summed E-state index contributed by atoms with van der Waals surface area (Å²) in [6.07, 6.45) is 7.01. The second kappa shape index (κ2) is 11.1. The van der Waals surface area contributed by atoms with Crippen molar-refractivity contribution in [2.45, 2.75) is 53.1 Å². The summed E-state index contributed by atoms with van der Waals surface area (Å²) in [6.45, 7) is 11.2. The minimum Gasteiger partial charge on any atom is -0.468 e. The smallest absolute Gasteiger partial charge is 0.244 e. The van der Waals surface area contributed by atoms with Gasteiger partial charge in [0.1, 0.15) is 10.9 Å². The van der Waals surface area contributed by atoms with Gasteiger partial charge in [-0.25, -0.2) is 0 Å². The highest BCUT2D eigenvalue weighted by molar-refractivity contribution is 6.31. The molecule has 2 heterocycles. The first-order valence-corrected chi connectivity index (χ1v) is 10.4. The van der Waals surface area contributed by atoms with Crippen molar-refractivity contribution in [2.24, 2.45) is 0 Å². The third-order valence-corrected chi connectivity index (χ3v) is 5.23. The standard InChI is InChI=1S/C21H31ClN4O2/c1-5-8-13-26-21(22)17(16(4)24-26)11-12-20(27)23-15-18(25(6-2)7-3)19-10-9-14-28-19/h9-12,14,18H,5-8,13,15H2,1-4H3,(H,23,27)/b12-11+. The molecule has 0 aliphatic rings. The summed E-state index contributed by atoms with van der Waals surface area (Å²) in [5.74, 6) is 0.685. The maximum Gasteiger partial charge on any atom is 0.244 e. The van der Waals surface area contributed by atoms with E-state index in [1.165, 1.54) is 6.08 Å². The lowest BCUT2D eigenvalue weighted by atomic mass is 10.2. The molecule has 6 nitrogen and oxygen atoms in total. The molecular weight excluding hydrogens is 376 g/mol. The van der Waals surface area contributed by atoms with E-state index in [2.05, 4.69) is 36.1 Å². The molecule has 2 rings (SSSR count). The first-order chi connectivity index (χ1) is 13.5. The van der Waals surface area contributed by atoms with Crippen molar-refractivity contribution in [3.8, 4) is 0 Å². The number of hydrogen-bond acceptors (Lipinski definition) is 4. The second-order valence-corrected chi connectivity index (χ2v) is 7.06. The van der Waals surface area contributed by atoms with E-state index in [9.17, 15) is 4.79 Å². The molecule has 0 aliphatic heterocycles. The van der Waals surface area contributed by atoms with Crippen molar-refractivity contribution in [3.63, 3.8) is 0 Å². The molecule has 0 spiro atoms. The molecule has 154 valence electrons. The summed E-state index contributed by atoms with van der Waals surface area (Å²) in [5.41, 5.74) is 1.61. The number of aryl methyl sites for hydroxylation is 2. The molecule has 0 saturated carbocycles. The number of amides is 1. The van der Waals surface area contributed by atoms with E-state index in [1.807, 2.05) is 19.1 Å². The van der Waals surface area contributed by atoms with Crippen LogP contribution in [0.3, 0.4) is 0 Å². The van der Waals surface area contributed by atoms with Gasteiger partial charge in [0.25, 0.3) is 0 Å². The zero-order valence-corrected chi connectivity index (χ0v) is 18.0. The molecule has 2 aromatic heterocycles. The maximum atomic E-state index is 12.4. The van der Waals surface area contributed by atoms with Gasteiger partial charge in [-0.2, -0.15) is 5.10 Å². The lowest BCUT2D eigenvalue weighted by molar-refractivity contribution is -0.116. The molecule has 0 radical (unpaired) electrons. The zero-order chi connectivity index (χ0) is 20.5. The third kappa shape index (κ3) is 5.72. The number of hydrogen-bond donors (Lipinski definition) is 1. The number of halogens is 1. The normalized spacial score (nSPS) is 12.8. The Kier molecular flexibility index (Phi) is 8.80. The molecule has 0 aliphatic carbocycles. The highest BCUT2D eigenvalue weighted by Gasteiger charge is 2.21. The summed E-state index contributed by atoms with van der Waals surface area (Å²) in [4.78, 5) is 14.6. The van der Waals surface area contributed by atoms with E-state index in [4.69, 9.17) is 16.0 Å². The third-order valence-electron chi connectivity index (χ3n) is 4.83. The van der Waals surface area contributed by atoms with Crippen molar-refractivity contribution in [1.29, 1.82) is 0 Å². The molecule has 0 aromatic carbocycles. The summed E-state index contributed by atoms with van der Waals surface area (Å²) in [7, 11) is 0. The predicted molar refractivity (Wildman–Crippen MR) is 113 cm³/mol. The number of carbonyl (C=O) groups excluding carboxylic acids is 1. The SMILES string of the molecule is CCCCn1nc(C)c(/C=C/C(=O)NCC(c2ccco2)N(CC)CC)c1Cl. The van der Waals surface area contributed by atoms with Gasteiger partial charge in [-0.1, -0.05) is 38.8 Å². The minimum atomic E-state index is -0.166. The van der Waals surface area contributed by atoms with Crippen LogP contribution in [0.5, 0.6) is 0 Å². The Hall–Kier alpha value is -2.05. The first-order valence-electron chi connectivity index (χ1n) is 9.97. The van der Waals surface area contributed by atoms with Crippen LogP contribution in [-0.4, -0.2) is 40.2 Å². The number of aromatic nitrogens is 2. The van der Waals surface area contributed by atoms with Gasteiger partial charge >= 0.3 is 0 Å². The number of likely N-dealkylation sites (N-methyl/N-ethyl adjacent to an activating group) is 1. The average Bonchev–Trinajstić information content (AvgIpc) is 3.30. The van der Waals surface area contributed by atoms with Crippen LogP contribution in [0.25, 0.3) is 6.08 Å². The number of rotatable bonds is 11. The molecule has 0 bridgehead atoms. The van der Waals surface area contributed by atoms with Crippen LogP contribution >= 0.6 is 11.6 Å². The molecule has 1 amide bonds. The molecule has 2 aromatic rings. The van der Waals surface area contributed by atoms with Gasteiger partial charge in [0.15, 0.2) is 0 Å². The summed E-state index contributed by atoms with van der Waals surface area (Å²) < 4.78 is 7.37. The van der Waals surface area contributed by atoms with E-state index >= 15 is 0 Å². The fourth-order valence-corrected chi connectivity index (χ4v) is 3.50. The topological polar surface area (TPSA) is 63.3 Å². The van der Waals surface area contributed by atoms with Crippen molar-refractivity contribution < 1.29 is 9.21 Å². The Bertz CT molecular complexity index is 764. The zero-order valence-electron chi connectivity index (χ0n) is 17.2. The lowest BCUT2D eigenvalue weighted by Crippen LogP contribution is -2.37. The van der Waals surface area contributed by atoms with E-state index in [0.29, 0.717) is 11.7 Å². The average molecular weight is 407 g/mol. The Morgan fingerprint density at radius 1 is 1.39 bits per heavy atom. The Morgan fingerprint density at radius 3 is 2.75 bits per heavy atom. The molecule has 1 unspecified atom stereocenters. The molecule has 1 N–H and O–H groups in total. The highest BCUT2D eigenvalue weighted by atomic mass is 35.5. The number of furan rings is 1. The summed E-state index contributed by atoms with van der Waals surface area (Å²) in [5, 5.41) is 8.01. The predicted octanol–water partition coefficient (Wildman–Crippen LogP) is 4.45. The second-order valence-electron chi connectivity index (χ2n) is 6.70. The minimum absolute atomic E-state index is 0.00414.